The molecule has 0 radical (unpaired) electrons. The Hall–Kier alpha value is -2.87. The summed E-state index contributed by atoms with van der Waals surface area (Å²) in [6.45, 7) is 1.76. The summed E-state index contributed by atoms with van der Waals surface area (Å²) in [7, 11) is 0. The number of phenols is 1. The highest BCUT2D eigenvalue weighted by Crippen LogP contribution is 2.50. The minimum absolute atomic E-state index is 0.0148. The second-order valence-corrected chi connectivity index (χ2v) is 9.08. The molecule has 0 aromatic heterocycles. The van der Waals surface area contributed by atoms with Gasteiger partial charge < -0.3 is 5.11 Å². The number of halogens is 2. The van der Waals surface area contributed by atoms with Crippen molar-refractivity contribution in [3.05, 3.63) is 87.4 Å². The molecule has 1 N–H and O–H groups in total. The second-order valence-electron chi connectivity index (χ2n) is 7.76. The summed E-state index contributed by atoms with van der Waals surface area (Å²) in [5.41, 5.74) is 2.24. The number of carbonyl (C=O) groups is 2. The zero-order chi connectivity index (χ0) is 22.6. The van der Waals surface area contributed by atoms with E-state index in [-0.39, 0.29) is 5.75 Å². The van der Waals surface area contributed by atoms with Crippen molar-refractivity contribution in [2.24, 2.45) is 5.92 Å². The number of imide groups is 1. The van der Waals surface area contributed by atoms with E-state index in [0.29, 0.717) is 27.5 Å². The molecule has 0 saturated carbocycles. The second kappa shape index (κ2) is 7.92. The molecule has 162 valence electrons. The van der Waals surface area contributed by atoms with Crippen LogP contribution in [0.25, 0.3) is 0 Å². The van der Waals surface area contributed by atoms with Crippen molar-refractivity contribution < 1.29 is 19.5 Å². The van der Waals surface area contributed by atoms with Crippen LogP contribution in [0.5, 0.6) is 5.75 Å². The van der Waals surface area contributed by atoms with Crippen LogP contribution in [0.3, 0.4) is 0 Å². The fraction of sp³-hybridized carbons (Fsp3) is 0.167. The maximum Gasteiger partial charge on any atom is 0.266 e. The van der Waals surface area contributed by atoms with Crippen molar-refractivity contribution in [3.8, 4) is 5.75 Å². The number of hydrogen-bond acceptors (Lipinski definition) is 5. The van der Waals surface area contributed by atoms with E-state index >= 15 is 0 Å². The Balaban J connectivity index is 1.64. The van der Waals surface area contributed by atoms with Crippen LogP contribution in [0.2, 0.25) is 5.02 Å². The van der Waals surface area contributed by atoms with Crippen LogP contribution >= 0.6 is 27.5 Å². The van der Waals surface area contributed by atoms with E-state index in [4.69, 9.17) is 16.4 Å². The fourth-order valence-electron chi connectivity index (χ4n) is 4.37. The average Bonchev–Trinajstić information content (AvgIpc) is 3.29. The molecular weight excluding hydrogens is 496 g/mol. The molecule has 8 heteroatoms. The average molecular weight is 514 g/mol. The van der Waals surface area contributed by atoms with Gasteiger partial charge in [0.25, 0.3) is 5.91 Å². The Bertz CT molecular complexity index is 1240. The lowest BCUT2D eigenvalue weighted by Gasteiger charge is -2.29. The number of para-hydroxylation sites is 1. The topological polar surface area (TPSA) is 70.1 Å². The number of carbonyl (C=O) groups excluding carboxylic acids is 2. The SMILES string of the molecule is Cc1c(Cl)cccc1N1C(=O)[C@@H]2[C@@H](c3cc(Br)ccc3O)N(c3ccccc3)O[C@H]2C1=O. The van der Waals surface area contributed by atoms with E-state index in [2.05, 4.69) is 15.9 Å². The predicted octanol–water partition coefficient (Wildman–Crippen LogP) is 5.17. The molecule has 2 amide bonds. The standard InChI is InChI=1S/C24H18BrClN2O4/c1-13-17(26)8-5-9-18(13)27-23(30)20-21(16-12-14(25)10-11-19(16)29)28(32-22(20)24(27)31)15-6-3-2-4-7-15/h2-12,20-22,29H,1H3/t20-,21-,22-/m1/s1. The van der Waals surface area contributed by atoms with Crippen molar-refractivity contribution in [2.75, 3.05) is 9.96 Å². The number of hydroxylamine groups is 1. The number of nitrogens with zero attached hydrogens (tertiary/aromatic N) is 2. The van der Waals surface area contributed by atoms with E-state index in [1.54, 1.807) is 48.4 Å². The summed E-state index contributed by atoms with van der Waals surface area (Å²) >= 11 is 9.69. The molecule has 0 aliphatic carbocycles. The van der Waals surface area contributed by atoms with Crippen LogP contribution in [0.1, 0.15) is 17.2 Å². The van der Waals surface area contributed by atoms with Gasteiger partial charge in [-0.2, -0.15) is 0 Å². The van der Waals surface area contributed by atoms with Gasteiger partial charge in [-0.3, -0.25) is 14.4 Å². The highest BCUT2D eigenvalue weighted by Gasteiger charge is 2.61. The van der Waals surface area contributed by atoms with Gasteiger partial charge in [0.15, 0.2) is 6.10 Å². The van der Waals surface area contributed by atoms with Crippen LogP contribution in [0.4, 0.5) is 11.4 Å². The van der Waals surface area contributed by atoms with Gasteiger partial charge in [0.2, 0.25) is 5.91 Å². The first-order valence-corrected chi connectivity index (χ1v) is 11.2. The maximum absolute atomic E-state index is 13.7. The number of fused-ring (bicyclic) bond motifs is 1. The molecule has 2 aliphatic heterocycles. The minimum Gasteiger partial charge on any atom is -0.508 e. The molecule has 3 atom stereocenters. The lowest BCUT2D eigenvalue weighted by molar-refractivity contribution is -0.126. The third kappa shape index (κ3) is 3.20. The Morgan fingerprint density at radius 1 is 1.00 bits per heavy atom. The zero-order valence-corrected chi connectivity index (χ0v) is 19.2. The van der Waals surface area contributed by atoms with E-state index in [1.807, 2.05) is 30.3 Å². The molecule has 0 spiro atoms. The molecule has 0 bridgehead atoms. The normalized spacial score (nSPS) is 22.5. The summed E-state index contributed by atoms with van der Waals surface area (Å²) < 4.78 is 0.737. The Morgan fingerprint density at radius 2 is 1.75 bits per heavy atom. The third-order valence-corrected chi connectivity index (χ3v) is 6.82. The minimum atomic E-state index is -1.02. The lowest BCUT2D eigenvalue weighted by atomic mass is 9.90. The molecular formula is C24H18BrClN2O4. The molecule has 3 aromatic rings. The summed E-state index contributed by atoms with van der Waals surface area (Å²) in [5.74, 6) is -1.68. The monoisotopic (exact) mass is 512 g/mol. The third-order valence-electron chi connectivity index (χ3n) is 5.91. The number of phenolic OH excluding ortho intramolecular Hbond substituents is 1. The van der Waals surface area contributed by atoms with Crippen molar-refractivity contribution in [3.63, 3.8) is 0 Å². The van der Waals surface area contributed by atoms with E-state index in [9.17, 15) is 14.7 Å². The Labute approximate surface area is 198 Å². The highest BCUT2D eigenvalue weighted by molar-refractivity contribution is 9.10. The number of anilines is 2. The van der Waals surface area contributed by atoms with Crippen LogP contribution in [0.15, 0.2) is 71.2 Å². The largest absolute Gasteiger partial charge is 0.508 e. The van der Waals surface area contributed by atoms with Gasteiger partial charge in [-0.15, -0.1) is 0 Å². The van der Waals surface area contributed by atoms with Crippen LogP contribution in [0, 0.1) is 12.8 Å². The van der Waals surface area contributed by atoms with E-state index in [1.165, 1.54) is 0 Å². The number of rotatable bonds is 3. The number of hydrogen-bond donors (Lipinski definition) is 1. The molecule has 0 unspecified atom stereocenters. The van der Waals surface area contributed by atoms with Crippen LogP contribution in [-0.2, 0) is 14.4 Å². The molecule has 2 fully saturated rings. The van der Waals surface area contributed by atoms with Gasteiger partial charge in [-0.25, -0.2) is 9.96 Å². The first-order valence-electron chi connectivity index (χ1n) is 10.0. The number of aromatic hydroxyl groups is 1. The zero-order valence-electron chi connectivity index (χ0n) is 16.9. The highest BCUT2D eigenvalue weighted by atomic mass is 79.9. The lowest BCUT2D eigenvalue weighted by Crippen LogP contribution is -2.37. The Kier molecular flexibility index (Phi) is 5.20. The van der Waals surface area contributed by atoms with Gasteiger partial charge in [-0.1, -0.05) is 51.8 Å². The van der Waals surface area contributed by atoms with Crippen molar-refractivity contribution >= 4 is 50.7 Å². The smallest absolute Gasteiger partial charge is 0.266 e. The van der Waals surface area contributed by atoms with Crippen LogP contribution < -0.4 is 9.96 Å². The van der Waals surface area contributed by atoms with Gasteiger partial charge in [-0.05, 0) is 55.0 Å². The summed E-state index contributed by atoms with van der Waals surface area (Å²) in [6, 6.07) is 18.6. The van der Waals surface area contributed by atoms with Crippen molar-refractivity contribution in [1.82, 2.24) is 0 Å². The summed E-state index contributed by atoms with van der Waals surface area (Å²) in [5, 5.41) is 12.7. The molecule has 6 nitrogen and oxygen atoms in total. The molecule has 2 aliphatic rings. The van der Waals surface area contributed by atoms with Gasteiger partial charge in [0.1, 0.15) is 11.7 Å². The van der Waals surface area contributed by atoms with Crippen molar-refractivity contribution in [2.45, 2.75) is 19.1 Å². The molecule has 5 rings (SSSR count). The maximum atomic E-state index is 13.7. The first kappa shape index (κ1) is 21.0. The first-order chi connectivity index (χ1) is 15.4. The molecule has 2 saturated heterocycles. The van der Waals surface area contributed by atoms with E-state index in [0.717, 1.165) is 9.37 Å². The fourth-order valence-corrected chi connectivity index (χ4v) is 4.92. The molecule has 2 heterocycles. The molecule has 3 aromatic carbocycles. The number of benzene rings is 3. The summed E-state index contributed by atoms with van der Waals surface area (Å²) in [4.78, 5) is 34.3. The predicted molar refractivity (Wildman–Crippen MR) is 125 cm³/mol. The van der Waals surface area contributed by atoms with Crippen molar-refractivity contribution in [1.29, 1.82) is 0 Å². The molecule has 32 heavy (non-hydrogen) atoms. The number of amides is 2. The summed E-state index contributed by atoms with van der Waals surface area (Å²) in [6.07, 6.45) is -1.02. The van der Waals surface area contributed by atoms with Gasteiger partial charge in [0.05, 0.1) is 17.4 Å². The van der Waals surface area contributed by atoms with E-state index < -0.39 is 29.9 Å². The van der Waals surface area contributed by atoms with Gasteiger partial charge >= 0.3 is 0 Å². The van der Waals surface area contributed by atoms with Crippen LogP contribution in [-0.4, -0.2) is 23.0 Å². The van der Waals surface area contributed by atoms with Gasteiger partial charge in [0, 0.05) is 15.1 Å². The Morgan fingerprint density at radius 3 is 2.50 bits per heavy atom. The quantitative estimate of drug-likeness (QED) is 0.490.